The summed E-state index contributed by atoms with van der Waals surface area (Å²) in [5.74, 6) is -0.393. The van der Waals surface area contributed by atoms with Gasteiger partial charge in [-0.15, -0.1) is 0 Å². The summed E-state index contributed by atoms with van der Waals surface area (Å²) < 4.78 is 32.1. The Kier molecular flexibility index (Phi) is 17.2. The van der Waals surface area contributed by atoms with E-state index in [0.717, 1.165) is 12.1 Å². The highest BCUT2D eigenvalue weighted by Crippen LogP contribution is 2.29. The van der Waals surface area contributed by atoms with Gasteiger partial charge in [-0.05, 0) is 48.7 Å². The second-order valence-electron chi connectivity index (χ2n) is 16.2. The first-order valence-corrected chi connectivity index (χ1v) is 25.9. The Balaban J connectivity index is 0.000000290. The zero-order chi connectivity index (χ0) is 40.1. The highest BCUT2D eigenvalue weighted by Gasteiger charge is 2.41. The van der Waals surface area contributed by atoms with Gasteiger partial charge in [0.1, 0.15) is 23.6 Å². The number of para-hydroxylation sites is 2. The van der Waals surface area contributed by atoms with E-state index in [1.165, 1.54) is 19.1 Å². The fourth-order valence-electron chi connectivity index (χ4n) is 5.96. The van der Waals surface area contributed by atoms with Crippen LogP contribution in [0.2, 0.25) is 51.4 Å². The van der Waals surface area contributed by atoms with Crippen LogP contribution in [0.15, 0.2) is 48.5 Å². The van der Waals surface area contributed by atoms with Gasteiger partial charge in [0.05, 0.1) is 31.5 Å². The van der Waals surface area contributed by atoms with Gasteiger partial charge in [-0.2, -0.15) is 0 Å². The molecule has 0 saturated carbocycles. The Labute approximate surface area is 322 Å². The van der Waals surface area contributed by atoms with Crippen LogP contribution in [0.3, 0.4) is 0 Å². The molecule has 2 heterocycles. The number of amides is 2. The summed E-state index contributed by atoms with van der Waals surface area (Å²) in [4.78, 5) is 52.9. The van der Waals surface area contributed by atoms with Crippen LogP contribution in [0, 0.1) is 5.92 Å². The highest BCUT2D eigenvalue weighted by atomic mass is 28.3. The number of methoxy groups -OCH3 is 2. The van der Waals surface area contributed by atoms with Gasteiger partial charge in [-0.3, -0.25) is 9.59 Å². The van der Waals surface area contributed by atoms with E-state index in [9.17, 15) is 24.3 Å². The molecule has 2 aromatic rings. The van der Waals surface area contributed by atoms with Crippen molar-refractivity contribution in [3.63, 3.8) is 0 Å². The Morgan fingerprint density at radius 2 is 1.07 bits per heavy atom. The van der Waals surface area contributed by atoms with Crippen LogP contribution in [0.5, 0.6) is 11.5 Å². The molecule has 0 unspecified atom stereocenters. The number of carbonyl (C=O) groups excluding carboxylic acids is 4. The van der Waals surface area contributed by atoms with Gasteiger partial charge in [-0.25, -0.2) is 9.59 Å². The Bertz CT molecular complexity index is 1430. The SMILES string of the molecule is COC(=O)[C@@H]1C[C@@H](C)CN1C(=O)c1ccccc1OCOCC[Si](C)(C)C.COC(=O)[C@@H]1C[C@@H](O)CN1C(=O)c1ccccc1OCOCC[Si](C)(C)C. The van der Waals surface area contributed by atoms with E-state index in [2.05, 4.69) is 39.3 Å². The Hall–Kier alpha value is -3.77. The van der Waals surface area contributed by atoms with Crippen molar-refractivity contribution in [2.75, 3.05) is 54.1 Å². The smallest absolute Gasteiger partial charge is 0.328 e. The van der Waals surface area contributed by atoms with Gasteiger partial charge in [-0.1, -0.05) is 70.5 Å². The third kappa shape index (κ3) is 13.8. The molecule has 0 radical (unpaired) electrons. The molecule has 2 amide bonds. The molecule has 4 rings (SSSR count). The lowest BCUT2D eigenvalue weighted by Gasteiger charge is -2.23. The Morgan fingerprint density at radius 1 is 0.667 bits per heavy atom. The minimum atomic E-state index is -1.17. The normalized spacial score (nSPS) is 19.8. The zero-order valence-corrected chi connectivity index (χ0v) is 35.4. The van der Waals surface area contributed by atoms with Crippen LogP contribution >= 0.6 is 0 Å². The lowest BCUT2D eigenvalue weighted by Crippen LogP contribution is -2.41. The summed E-state index contributed by atoms with van der Waals surface area (Å²) in [5, 5.41) is 9.90. The number of β-amino-alcohol motifs (C(OH)–C–C–N with tert-alkyl or cyclic N) is 1. The monoisotopic (exact) mass is 788 g/mol. The van der Waals surface area contributed by atoms with Gasteiger partial charge >= 0.3 is 11.9 Å². The molecule has 300 valence electrons. The fourth-order valence-corrected chi connectivity index (χ4v) is 7.47. The molecule has 2 fully saturated rings. The van der Waals surface area contributed by atoms with Crippen LogP contribution in [-0.2, 0) is 28.5 Å². The van der Waals surface area contributed by atoms with Gasteiger partial charge in [0.2, 0.25) is 0 Å². The average molecular weight is 789 g/mol. The zero-order valence-electron chi connectivity index (χ0n) is 33.4. The van der Waals surface area contributed by atoms with Gasteiger partial charge in [0, 0.05) is 48.9 Å². The lowest BCUT2D eigenvalue weighted by atomic mass is 10.1. The minimum absolute atomic E-state index is 0.0534. The molecule has 2 aromatic carbocycles. The minimum Gasteiger partial charge on any atom is -0.467 e. The molecule has 1 N–H and O–H groups in total. The van der Waals surface area contributed by atoms with E-state index in [1.807, 2.05) is 13.0 Å². The number of esters is 2. The summed E-state index contributed by atoms with van der Waals surface area (Å²) in [6.45, 7) is 17.8. The topological polar surface area (TPSA) is 150 Å². The van der Waals surface area contributed by atoms with Crippen molar-refractivity contribution in [2.45, 2.75) is 89.3 Å². The molecule has 54 heavy (non-hydrogen) atoms. The van der Waals surface area contributed by atoms with Crippen LogP contribution in [-0.4, -0.2) is 127 Å². The summed E-state index contributed by atoms with van der Waals surface area (Å²) in [5.41, 5.74) is 0.767. The average Bonchev–Trinajstić information content (AvgIpc) is 3.72. The highest BCUT2D eigenvalue weighted by molar-refractivity contribution is 6.76. The number of nitrogens with zero attached hydrogens (tertiary/aromatic N) is 2. The molecule has 0 bridgehead atoms. The third-order valence-corrected chi connectivity index (χ3v) is 12.5. The van der Waals surface area contributed by atoms with Crippen molar-refractivity contribution in [3.05, 3.63) is 59.7 Å². The van der Waals surface area contributed by atoms with E-state index in [1.54, 1.807) is 47.4 Å². The summed E-state index contributed by atoms with van der Waals surface area (Å²) >= 11 is 0. The van der Waals surface area contributed by atoms with E-state index in [4.69, 9.17) is 28.4 Å². The quantitative estimate of drug-likeness (QED) is 0.0991. The largest absolute Gasteiger partial charge is 0.467 e. The predicted octanol–water partition coefficient (Wildman–Crippen LogP) is 5.53. The second-order valence-corrected chi connectivity index (χ2v) is 27.4. The number of hydrogen-bond acceptors (Lipinski definition) is 11. The number of aliphatic hydroxyl groups excluding tert-OH is 1. The van der Waals surface area contributed by atoms with Crippen molar-refractivity contribution in [3.8, 4) is 11.5 Å². The molecule has 2 aliphatic heterocycles. The summed E-state index contributed by atoms with van der Waals surface area (Å²) in [7, 11) is 0.301. The molecule has 2 aliphatic rings. The molecule has 15 heteroatoms. The van der Waals surface area contributed by atoms with E-state index in [0.29, 0.717) is 48.8 Å². The molecule has 0 aliphatic carbocycles. The number of carbonyl (C=O) groups is 4. The number of ether oxygens (including phenoxy) is 6. The number of hydrogen-bond donors (Lipinski definition) is 1. The first-order chi connectivity index (χ1) is 25.5. The van der Waals surface area contributed by atoms with Crippen LogP contribution in [0.4, 0.5) is 0 Å². The van der Waals surface area contributed by atoms with Gasteiger partial charge in [0.25, 0.3) is 11.8 Å². The van der Waals surface area contributed by atoms with E-state index < -0.39 is 40.3 Å². The van der Waals surface area contributed by atoms with Crippen molar-refractivity contribution in [1.82, 2.24) is 9.80 Å². The maximum atomic E-state index is 13.1. The van der Waals surface area contributed by atoms with Crippen molar-refractivity contribution in [2.24, 2.45) is 5.92 Å². The molecule has 4 atom stereocenters. The van der Waals surface area contributed by atoms with Gasteiger partial charge < -0.3 is 43.3 Å². The molecule has 0 aromatic heterocycles. The molecular weight excluding hydrogens is 729 g/mol. The fraction of sp³-hybridized carbons (Fsp3) is 0.590. The van der Waals surface area contributed by atoms with Crippen LogP contribution in [0.1, 0.15) is 40.5 Å². The molecular formula is C39H60N2O11Si2. The van der Waals surface area contributed by atoms with Crippen molar-refractivity contribution in [1.29, 1.82) is 0 Å². The van der Waals surface area contributed by atoms with E-state index >= 15 is 0 Å². The Morgan fingerprint density at radius 3 is 1.50 bits per heavy atom. The molecule has 0 spiro atoms. The summed E-state index contributed by atoms with van der Waals surface area (Å²) in [6.07, 6.45) is 0.0266. The number of rotatable bonds is 16. The molecule has 2 saturated heterocycles. The standard InChI is InChI=1S/C20H31NO5Si.C19H29NO6Si/c1-15-12-17(20(23)24-2)21(13-15)19(22)16-8-6-7-9-18(16)26-14-25-10-11-27(3,4)5;1-24-19(23)16-11-14(21)12-20(16)18(22)15-7-5-6-8-17(15)26-13-25-9-10-27(2,3)4/h6-9,15,17H,10-14H2,1-5H3;5-8,14,16,21H,9-13H2,1-4H3/t15-,17+;14-,16+/m11/s1. The van der Waals surface area contributed by atoms with Crippen LogP contribution in [0.25, 0.3) is 0 Å². The van der Waals surface area contributed by atoms with Crippen LogP contribution < -0.4 is 9.47 Å². The first kappa shape index (κ1) is 44.6. The molecule has 13 nitrogen and oxygen atoms in total. The maximum Gasteiger partial charge on any atom is 0.328 e. The van der Waals surface area contributed by atoms with Crippen molar-refractivity contribution < 1.29 is 52.7 Å². The van der Waals surface area contributed by atoms with Crippen molar-refractivity contribution >= 4 is 39.9 Å². The number of benzene rings is 2. The first-order valence-electron chi connectivity index (χ1n) is 18.5. The summed E-state index contributed by atoms with van der Waals surface area (Å²) in [6, 6.07) is 14.7. The lowest BCUT2D eigenvalue weighted by molar-refractivity contribution is -0.145. The number of aliphatic hydroxyl groups is 1. The second kappa shape index (κ2) is 20.8. The van der Waals surface area contributed by atoms with Gasteiger partial charge in [0.15, 0.2) is 13.6 Å². The number of likely N-dealkylation sites (tertiary alicyclic amines) is 2. The van der Waals surface area contributed by atoms with E-state index in [-0.39, 0.29) is 50.3 Å². The predicted molar refractivity (Wildman–Crippen MR) is 210 cm³/mol. The maximum absolute atomic E-state index is 13.1. The third-order valence-electron chi connectivity index (χ3n) is 9.08.